The molecule has 4 heteroatoms. The summed E-state index contributed by atoms with van der Waals surface area (Å²) in [5.41, 5.74) is 0. The van der Waals surface area contributed by atoms with E-state index in [1.165, 1.54) is 128 Å². The molecule has 0 aromatic heterocycles. The third kappa shape index (κ3) is 29.0. The largest absolute Gasteiger partial charge is 0.697 e. The van der Waals surface area contributed by atoms with Crippen LogP contribution in [0.1, 0.15) is 183 Å². The predicted octanol–water partition coefficient (Wildman–Crippen LogP) is 12.8. The van der Waals surface area contributed by atoms with Gasteiger partial charge in [-0.1, -0.05) is 170 Å². The first-order valence-corrected chi connectivity index (χ1v) is 18.2. The topological polar surface area (TPSA) is 35.5 Å². The van der Waals surface area contributed by atoms with E-state index in [0.29, 0.717) is 19.1 Å². The van der Waals surface area contributed by atoms with Gasteiger partial charge >= 0.3 is 8.25 Å². The van der Waals surface area contributed by atoms with Crippen LogP contribution < -0.4 is 0 Å². The molecule has 0 rings (SSSR count). The second-order valence-electron chi connectivity index (χ2n) is 13.1. The van der Waals surface area contributed by atoms with Gasteiger partial charge in [-0.3, -0.25) is 0 Å². The fraction of sp³-hybridized carbons (Fsp3) is 1.00. The van der Waals surface area contributed by atoms with Crippen molar-refractivity contribution in [2.24, 2.45) is 23.7 Å². The standard InChI is InChI=1S/C34H70O3P/c1-7-8-9-10-11-12-13-14-15-16-17-18-29-36-38(35)37-30-28-34(6)27-21-26-33(5)25-20-24-32(4)23-19-22-31(2)3/h31-34H,7-30H2,1-6H3/q+1. The van der Waals surface area contributed by atoms with E-state index in [1.807, 2.05) is 0 Å². The molecule has 3 nitrogen and oxygen atoms in total. The van der Waals surface area contributed by atoms with Crippen LogP contribution in [0.3, 0.4) is 0 Å². The fourth-order valence-corrected chi connectivity index (χ4v) is 5.99. The molecule has 0 saturated heterocycles. The molecular weight excluding hydrogens is 487 g/mol. The Bertz CT molecular complexity index is 496. The average molecular weight is 558 g/mol. The molecule has 228 valence electrons. The molecular formula is C34H70O3P+. The Hall–Kier alpha value is 0.0200. The summed E-state index contributed by atoms with van der Waals surface area (Å²) in [6.07, 6.45) is 29.1. The molecule has 0 aromatic rings. The van der Waals surface area contributed by atoms with E-state index in [2.05, 4.69) is 41.5 Å². The first kappa shape index (κ1) is 38.0. The first-order chi connectivity index (χ1) is 18.3. The Morgan fingerprint density at radius 3 is 1.26 bits per heavy atom. The molecule has 0 radical (unpaired) electrons. The zero-order valence-electron chi connectivity index (χ0n) is 27.0. The van der Waals surface area contributed by atoms with Crippen LogP contribution >= 0.6 is 8.25 Å². The summed E-state index contributed by atoms with van der Waals surface area (Å²) in [5, 5.41) is 0. The van der Waals surface area contributed by atoms with Gasteiger partial charge in [0.15, 0.2) is 0 Å². The molecule has 0 amide bonds. The number of unbranched alkanes of at least 4 members (excludes halogenated alkanes) is 11. The van der Waals surface area contributed by atoms with Gasteiger partial charge in [0, 0.05) is 4.57 Å². The molecule has 0 spiro atoms. The highest BCUT2D eigenvalue weighted by atomic mass is 31.1. The van der Waals surface area contributed by atoms with Crippen LogP contribution in [0.25, 0.3) is 0 Å². The minimum atomic E-state index is -1.94. The second kappa shape index (κ2) is 28.5. The Morgan fingerprint density at radius 1 is 0.447 bits per heavy atom. The van der Waals surface area contributed by atoms with Gasteiger partial charge in [0.1, 0.15) is 13.2 Å². The smallest absolute Gasteiger partial charge is 0.119 e. The molecule has 0 bridgehead atoms. The van der Waals surface area contributed by atoms with Gasteiger partial charge in [-0.25, -0.2) is 0 Å². The molecule has 4 atom stereocenters. The molecule has 38 heavy (non-hydrogen) atoms. The normalized spacial score (nSPS) is 14.7. The maximum atomic E-state index is 12.0. The Balaban J connectivity index is 3.46. The summed E-state index contributed by atoms with van der Waals surface area (Å²) in [5.74, 6) is 3.20. The lowest BCUT2D eigenvalue weighted by atomic mass is 9.91. The number of hydrogen-bond acceptors (Lipinski definition) is 3. The maximum Gasteiger partial charge on any atom is 0.697 e. The van der Waals surface area contributed by atoms with Crippen molar-refractivity contribution in [3.05, 3.63) is 0 Å². The molecule has 0 N–H and O–H groups in total. The van der Waals surface area contributed by atoms with E-state index < -0.39 is 8.25 Å². The van der Waals surface area contributed by atoms with E-state index in [0.717, 1.165) is 30.6 Å². The van der Waals surface area contributed by atoms with Crippen molar-refractivity contribution in [2.75, 3.05) is 13.2 Å². The number of rotatable bonds is 30. The lowest BCUT2D eigenvalue weighted by molar-refractivity contribution is 0.209. The molecule has 0 aliphatic rings. The SMILES string of the molecule is CCCCCCCCCCCCCCO[P+](=O)OCCC(C)CCCC(C)CCCC(C)CCCC(C)C. The summed E-state index contributed by atoms with van der Waals surface area (Å²) in [7, 11) is -1.94. The maximum absolute atomic E-state index is 12.0. The van der Waals surface area contributed by atoms with Crippen LogP contribution in [0.2, 0.25) is 0 Å². The minimum Gasteiger partial charge on any atom is -0.119 e. The van der Waals surface area contributed by atoms with Crippen molar-refractivity contribution in [1.29, 1.82) is 0 Å². The average Bonchev–Trinajstić information content (AvgIpc) is 2.86. The van der Waals surface area contributed by atoms with Gasteiger partial charge < -0.3 is 0 Å². The lowest BCUT2D eigenvalue weighted by Crippen LogP contribution is -2.03. The fourth-order valence-electron chi connectivity index (χ4n) is 5.38. The van der Waals surface area contributed by atoms with Gasteiger partial charge in [0.05, 0.1) is 0 Å². The summed E-state index contributed by atoms with van der Waals surface area (Å²) in [4.78, 5) is 0. The number of hydrogen-bond donors (Lipinski definition) is 0. The summed E-state index contributed by atoms with van der Waals surface area (Å²) >= 11 is 0. The summed E-state index contributed by atoms with van der Waals surface area (Å²) in [6, 6.07) is 0. The van der Waals surface area contributed by atoms with E-state index in [9.17, 15) is 4.57 Å². The van der Waals surface area contributed by atoms with E-state index in [-0.39, 0.29) is 0 Å². The van der Waals surface area contributed by atoms with Crippen molar-refractivity contribution in [3.63, 3.8) is 0 Å². The van der Waals surface area contributed by atoms with Crippen LogP contribution in [-0.4, -0.2) is 13.2 Å². The third-order valence-corrected chi connectivity index (χ3v) is 9.05. The predicted molar refractivity (Wildman–Crippen MR) is 169 cm³/mol. The zero-order chi connectivity index (χ0) is 28.3. The monoisotopic (exact) mass is 558 g/mol. The third-order valence-electron chi connectivity index (χ3n) is 8.27. The molecule has 0 aliphatic carbocycles. The van der Waals surface area contributed by atoms with Crippen molar-refractivity contribution >= 4 is 8.25 Å². The highest BCUT2D eigenvalue weighted by Gasteiger charge is 2.20. The Morgan fingerprint density at radius 2 is 0.816 bits per heavy atom. The van der Waals surface area contributed by atoms with Crippen LogP contribution in [-0.2, 0) is 13.6 Å². The highest BCUT2D eigenvalue weighted by molar-refractivity contribution is 7.33. The first-order valence-electron chi connectivity index (χ1n) is 17.1. The van der Waals surface area contributed by atoms with Gasteiger partial charge in [-0.05, 0) is 36.5 Å². The van der Waals surface area contributed by atoms with Crippen molar-refractivity contribution < 1.29 is 13.6 Å². The lowest BCUT2D eigenvalue weighted by Gasteiger charge is -2.16. The minimum absolute atomic E-state index is 0.555. The van der Waals surface area contributed by atoms with Gasteiger partial charge in [-0.2, -0.15) is 0 Å². The molecule has 0 heterocycles. The second-order valence-corrected chi connectivity index (χ2v) is 14.0. The Labute approximate surface area is 241 Å². The quantitative estimate of drug-likeness (QED) is 0.0650. The van der Waals surface area contributed by atoms with Crippen LogP contribution in [0.4, 0.5) is 0 Å². The van der Waals surface area contributed by atoms with Crippen LogP contribution in [0.15, 0.2) is 0 Å². The summed E-state index contributed by atoms with van der Waals surface area (Å²) in [6.45, 7) is 15.2. The van der Waals surface area contributed by atoms with Crippen molar-refractivity contribution in [1.82, 2.24) is 0 Å². The van der Waals surface area contributed by atoms with Crippen molar-refractivity contribution in [2.45, 2.75) is 183 Å². The van der Waals surface area contributed by atoms with Gasteiger partial charge in [0.2, 0.25) is 0 Å². The van der Waals surface area contributed by atoms with E-state index in [1.54, 1.807) is 0 Å². The molecule has 0 aliphatic heterocycles. The molecule has 4 unspecified atom stereocenters. The van der Waals surface area contributed by atoms with Crippen LogP contribution in [0.5, 0.6) is 0 Å². The van der Waals surface area contributed by atoms with Gasteiger partial charge in [-0.15, -0.1) is 9.05 Å². The van der Waals surface area contributed by atoms with Crippen molar-refractivity contribution in [3.8, 4) is 0 Å². The Kier molecular flexibility index (Phi) is 28.6. The highest BCUT2D eigenvalue weighted by Crippen LogP contribution is 2.27. The molecule has 0 saturated carbocycles. The van der Waals surface area contributed by atoms with Gasteiger partial charge in [0.25, 0.3) is 0 Å². The van der Waals surface area contributed by atoms with E-state index in [4.69, 9.17) is 9.05 Å². The molecule has 0 aromatic carbocycles. The summed E-state index contributed by atoms with van der Waals surface area (Å²) < 4.78 is 22.8. The molecule has 0 fully saturated rings. The van der Waals surface area contributed by atoms with Crippen LogP contribution in [0, 0.1) is 23.7 Å². The zero-order valence-corrected chi connectivity index (χ0v) is 27.8. The van der Waals surface area contributed by atoms with E-state index >= 15 is 0 Å².